The van der Waals surface area contributed by atoms with Crippen LogP contribution in [0.4, 0.5) is 11.5 Å². The summed E-state index contributed by atoms with van der Waals surface area (Å²) in [5, 5.41) is 13.7. The van der Waals surface area contributed by atoms with E-state index >= 15 is 0 Å². The third-order valence-electron chi connectivity index (χ3n) is 2.57. The van der Waals surface area contributed by atoms with E-state index in [1.165, 1.54) is 18.4 Å². The third-order valence-corrected chi connectivity index (χ3v) is 3.55. The summed E-state index contributed by atoms with van der Waals surface area (Å²) >= 11 is 0. The quantitative estimate of drug-likeness (QED) is 0.629. The van der Waals surface area contributed by atoms with Crippen LogP contribution in [0, 0.1) is 17.0 Å². The zero-order valence-electron chi connectivity index (χ0n) is 11.1. The normalized spacial score (nSPS) is 13.0. The number of pyridine rings is 1. The van der Waals surface area contributed by atoms with E-state index in [0.717, 1.165) is 0 Å². The lowest BCUT2D eigenvalue weighted by Gasteiger charge is -2.14. The number of aryl methyl sites for hydroxylation is 1. The fourth-order valence-corrected chi connectivity index (χ4v) is 2.32. The first-order chi connectivity index (χ1) is 8.69. The van der Waals surface area contributed by atoms with Crippen molar-refractivity contribution >= 4 is 21.3 Å². The van der Waals surface area contributed by atoms with Gasteiger partial charge in [0.2, 0.25) is 0 Å². The molecule has 0 aliphatic carbocycles. The maximum absolute atomic E-state index is 11.0. The summed E-state index contributed by atoms with van der Waals surface area (Å²) in [5.74, 6) is 0.594. The molecule has 0 aliphatic heterocycles. The Kier molecular flexibility index (Phi) is 4.82. The predicted molar refractivity (Wildman–Crippen MR) is 73.0 cm³/mol. The molecule has 1 aromatic heterocycles. The highest BCUT2D eigenvalue weighted by Gasteiger charge is 2.13. The number of aromatic nitrogens is 1. The molecule has 8 heteroatoms. The average Bonchev–Trinajstić information content (AvgIpc) is 2.25. The molecule has 19 heavy (non-hydrogen) atoms. The number of sulfone groups is 1. The number of nitrogens with one attached hydrogen (secondary N) is 1. The van der Waals surface area contributed by atoms with E-state index in [1.54, 1.807) is 6.92 Å². The van der Waals surface area contributed by atoms with Crippen molar-refractivity contribution in [1.29, 1.82) is 0 Å². The molecule has 0 radical (unpaired) electrons. The Morgan fingerprint density at radius 2 is 2.11 bits per heavy atom. The third kappa shape index (κ3) is 5.21. The SMILES string of the molecule is Cc1nc(NC(C)CCS(C)(=O)=O)ccc1[N+](=O)[O-]. The molecule has 0 saturated heterocycles. The summed E-state index contributed by atoms with van der Waals surface area (Å²) in [5.41, 5.74) is 0.291. The van der Waals surface area contributed by atoms with Crippen LogP contribution in [-0.4, -0.2) is 36.4 Å². The van der Waals surface area contributed by atoms with Crippen LogP contribution in [0.1, 0.15) is 19.0 Å². The van der Waals surface area contributed by atoms with Crippen molar-refractivity contribution < 1.29 is 13.3 Å². The molecule has 0 amide bonds. The van der Waals surface area contributed by atoms with E-state index in [2.05, 4.69) is 10.3 Å². The minimum Gasteiger partial charge on any atom is -0.368 e. The predicted octanol–water partition coefficient (Wildman–Crippen LogP) is 1.53. The van der Waals surface area contributed by atoms with Crippen LogP contribution in [-0.2, 0) is 9.84 Å². The first kappa shape index (κ1) is 15.4. The largest absolute Gasteiger partial charge is 0.368 e. The Bertz CT molecular complexity index is 571. The maximum atomic E-state index is 11.0. The van der Waals surface area contributed by atoms with Crippen LogP contribution in [0.3, 0.4) is 0 Å². The van der Waals surface area contributed by atoms with Crippen molar-refractivity contribution in [2.75, 3.05) is 17.3 Å². The highest BCUT2D eigenvalue weighted by atomic mass is 32.2. The zero-order chi connectivity index (χ0) is 14.6. The summed E-state index contributed by atoms with van der Waals surface area (Å²) in [6.45, 7) is 3.40. The van der Waals surface area contributed by atoms with Gasteiger partial charge in [0.05, 0.1) is 10.7 Å². The molecule has 0 fully saturated rings. The van der Waals surface area contributed by atoms with Gasteiger partial charge >= 0.3 is 0 Å². The van der Waals surface area contributed by atoms with Crippen LogP contribution in [0.25, 0.3) is 0 Å². The van der Waals surface area contributed by atoms with Crippen LogP contribution in [0.2, 0.25) is 0 Å². The standard InChI is InChI=1S/C11H17N3O4S/c1-8(6-7-19(3,17)18)12-11-5-4-10(14(15)16)9(2)13-11/h4-5,8H,6-7H2,1-3H3,(H,12,13). The molecule has 7 nitrogen and oxygen atoms in total. The van der Waals surface area contributed by atoms with Crippen molar-refractivity contribution in [3.63, 3.8) is 0 Å². The van der Waals surface area contributed by atoms with E-state index in [1.807, 2.05) is 6.92 Å². The smallest absolute Gasteiger partial charge is 0.290 e. The van der Waals surface area contributed by atoms with Gasteiger partial charge in [-0.2, -0.15) is 0 Å². The van der Waals surface area contributed by atoms with Gasteiger partial charge in [-0.25, -0.2) is 13.4 Å². The topological polar surface area (TPSA) is 102 Å². The maximum Gasteiger partial charge on any atom is 0.290 e. The van der Waals surface area contributed by atoms with E-state index < -0.39 is 14.8 Å². The van der Waals surface area contributed by atoms with Gasteiger partial charge in [0.25, 0.3) is 5.69 Å². The second-order valence-corrected chi connectivity index (χ2v) is 6.78. The molecule has 1 heterocycles. The molecule has 1 rings (SSSR count). The van der Waals surface area contributed by atoms with E-state index in [0.29, 0.717) is 17.9 Å². The first-order valence-electron chi connectivity index (χ1n) is 5.75. The van der Waals surface area contributed by atoms with Crippen LogP contribution in [0.15, 0.2) is 12.1 Å². The molecular weight excluding hydrogens is 270 g/mol. The molecule has 1 atom stereocenters. The first-order valence-corrected chi connectivity index (χ1v) is 7.81. The van der Waals surface area contributed by atoms with Gasteiger partial charge in [-0.1, -0.05) is 0 Å². The lowest BCUT2D eigenvalue weighted by atomic mass is 10.2. The second kappa shape index (κ2) is 5.96. The molecule has 0 spiro atoms. The summed E-state index contributed by atoms with van der Waals surface area (Å²) in [6, 6.07) is 2.82. The van der Waals surface area contributed by atoms with Crippen molar-refractivity contribution in [3.8, 4) is 0 Å². The van der Waals surface area contributed by atoms with E-state index in [4.69, 9.17) is 0 Å². The fourth-order valence-electron chi connectivity index (χ4n) is 1.54. The Balaban J connectivity index is 2.67. The van der Waals surface area contributed by atoms with Crippen molar-refractivity contribution in [1.82, 2.24) is 4.98 Å². The molecule has 1 aromatic rings. The van der Waals surface area contributed by atoms with Crippen molar-refractivity contribution in [2.24, 2.45) is 0 Å². The van der Waals surface area contributed by atoms with Crippen LogP contribution >= 0.6 is 0 Å². The van der Waals surface area contributed by atoms with Crippen LogP contribution < -0.4 is 5.32 Å². The molecule has 0 aromatic carbocycles. The van der Waals surface area contributed by atoms with Gasteiger partial charge in [0, 0.05) is 18.4 Å². The number of anilines is 1. The lowest BCUT2D eigenvalue weighted by Crippen LogP contribution is -2.20. The monoisotopic (exact) mass is 287 g/mol. The van der Waals surface area contributed by atoms with Crippen molar-refractivity contribution in [2.45, 2.75) is 26.3 Å². The lowest BCUT2D eigenvalue weighted by molar-refractivity contribution is -0.385. The Morgan fingerprint density at radius 3 is 2.58 bits per heavy atom. The number of rotatable bonds is 6. The highest BCUT2D eigenvalue weighted by molar-refractivity contribution is 7.90. The van der Waals surface area contributed by atoms with Gasteiger partial charge < -0.3 is 5.32 Å². The molecular formula is C11H17N3O4S. The fraction of sp³-hybridized carbons (Fsp3) is 0.545. The molecule has 1 N–H and O–H groups in total. The highest BCUT2D eigenvalue weighted by Crippen LogP contribution is 2.18. The van der Waals surface area contributed by atoms with Crippen LogP contribution in [0.5, 0.6) is 0 Å². The number of nitrogens with zero attached hydrogens (tertiary/aromatic N) is 2. The van der Waals surface area contributed by atoms with Gasteiger partial charge in [0.1, 0.15) is 21.3 Å². The number of nitro groups is 1. The summed E-state index contributed by atoms with van der Waals surface area (Å²) in [7, 11) is -2.99. The molecule has 106 valence electrons. The van der Waals surface area contributed by atoms with E-state index in [-0.39, 0.29) is 17.5 Å². The molecule has 0 aliphatic rings. The zero-order valence-corrected chi connectivity index (χ0v) is 11.9. The van der Waals surface area contributed by atoms with Crippen molar-refractivity contribution in [3.05, 3.63) is 27.9 Å². The molecule has 0 bridgehead atoms. The van der Waals surface area contributed by atoms with Gasteiger partial charge in [-0.05, 0) is 26.3 Å². The van der Waals surface area contributed by atoms with Gasteiger partial charge in [-0.3, -0.25) is 10.1 Å². The number of hydrogen-bond donors (Lipinski definition) is 1. The van der Waals surface area contributed by atoms with Gasteiger partial charge in [0.15, 0.2) is 0 Å². The number of hydrogen-bond acceptors (Lipinski definition) is 6. The second-order valence-electron chi connectivity index (χ2n) is 4.52. The summed E-state index contributed by atoms with van der Waals surface area (Å²) in [4.78, 5) is 14.2. The van der Waals surface area contributed by atoms with E-state index in [9.17, 15) is 18.5 Å². The average molecular weight is 287 g/mol. The summed E-state index contributed by atoms with van der Waals surface area (Å²) < 4.78 is 22.1. The Hall–Kier alpha value is -1.70. The molecule has 1 unspecified atom stereocenters. The van der Waals surface area contributed by atoms with Gasteiger partial charge in [-0.15, -0.1) is 0 Å². The minimum absolute atomic E-state index is 0.0330. The minimum atomic E-state index is -2.99. The molecule has 0 saturated carbocycles. The Labute approximate surface area is 112 Å². The summed E-state index contributed by atoms with van der Waals surface area (Å²) in [6.07, 6.45) is 1.64. The Morgan fingerprint density at radius 1 is 1.47 bits per heavy atom.